The molecule has 2 aromatic heterocycles. The molecule has 1 atom stereocenters. The fourth-order valence-electron chi connectivity index (χ4n) is 4.40. The zero-order chi connectivity index (χ0) is 26.0. The van der Waals surface area contributed by atoms with E-state index >= 15 is 0 Å². The Morgan fingerprint density at radius 2 is 2.00 bits per heavy atom. The molecule has 1 saturated heterocycles. The van der Waals surface area contributed by atoms with Gasteiger partial charge in [0.05, 0.1) is 18.8 Å². The zero-order valence-electron chi connectivity index (χ0n) is 20.8. The zero-order valence-corrected chi connectivity index (χ0v) is 21.5. The number of hydrogen-bond acceptors (Lipinski definition) is 6. The number of carbonyl (C=O) groups is 2. The van der Waals surface area contributed by atoms with Crippen LogP contribution in [0.2, 0.25) is 5.02 Å². The minimum absolute atomic E-state index is 0.0919. The van der Waals surface area contributed by atoms with Crippen molar-refractivity contribution >= 4 is 29.4 Å². The van der Waals surface area contributed by atoms with Crippen molar-refractivity contribution in [3.8, 4) is 11.3 Å². The number of likely N-dealkylation sites (tertiary alicyclic amines) is 1. The number of rotatable bonds is 5. The number of halogens is 1. The fraction of sp³-hybridized carbons (Fsp3) is 0.440. The summed E-state index contributed by atoms with van der Waals surface area (Å²) in [5.74, 6) is -0.434. The quantitative estimate of drug-likeness (QED) is 0.527. The molecule has 0 aliphatic carbocycles. The smallest absolute Gasteiger partial charge is 0.410 e. The first-order valence-corrected chi connectivity index (χ1v) is 12.3. The number of aromatic nitrogens is 4. The molecule has 0 bridgehead atoms. The van der Waals surface area contributed by atoms with Crippen molar-refractivity contribution in [2.24, 2.45) is 5.73 Å². The maximum absolute atomic E-state index is 12.5. The molecule has 1 aliphatic heterocycles. The largest absolute Gasteiger partial charge is 0.444 e. The van der Waals surface area contributed by atoms with E-state index in [9.17, 15) is 9.59 Å². The lowest BCUT2D eigenvalue weighted by Crippen LogP contribution is -2.37. The van der Waals surface area contributed by atoms with E-state index in [1.54, 1.807) is 26.7 Å². The summed E-state index contributed by atoms with van der Waals surface area (Å²) in [6, 6.07) is 7.44. The molecule has 2 amide bonds. The Hall–Kier alpha value is -3.53. The number of anilines is 1. The number of benzene rings is 1. The van der Waals surface area contributed by atoms with E-state index < -0.39 is 11.5 Å². The summed E-state index contributed by atoms with van der Waals surface area (Å²) in [6.07, 6.45) is 5.23. The number of hydrogen-bond donors (Lipinski definition) is 2. The molecule has 0 saturated carbocycles. The molecule has 0 radical (unpaired) electrons. The number of carbonyl (C=O) groups excluding carboxylic acids is 2. The molecule has 0 spiro atoms. The van der Waals surface area contributed by atoms with E-state index in [1.807, 2.05) is 45.0 Å². The highest BCUT2D eigenvalue weighted by atomic mass is 35.5. The second-order valence-corrected chi connectivity index (χ2v) is 10.5. The molecule has 36 heavy (non-hydrogen) atoms. The first kappa shape index (κ1) is 25.6. The highest BCUT2D eigenvalue weighted by Crippen LogP contribution is 2.32. The van der Waals surface area contributed by atoms with E-state index in [2.05, 4.69) is 5.10 Å². The fourth-order valence-corrected chi connectivity index (χ4v) is 4.61. The van der Waals surface area contributed by atoms with Gasteiger partial charge in [0.15, 0.2) is 0 Å². The van der Waals surface area contributed by atoms with Crippen molar-refractivity contribution in [2.75, 3.05) is 18.8 Å². The van der Waals surface area contributed by atoms with Gasteiger partial charge in [-0.25, -0.2) is 9.48 Å². The third-order valence-electron chi connectivity index (χ3n) is 6.03. The molecule has 4 N–H and O–H groups in total. The second-order valence-electron chi connectivity index (χ2n) is 10.0. The number of nitrogen functional groups attached to an aromatic ring is 1. The Balaban J connectivity index is 1.56. The van der Waals surface area contributed by atoms with Crippen LogP contribution in [0.15, 0.2) is 36.7 Å². The van der Waals surface area contributed by atoms with Gasteiger partial charge in [0.25, 0.3) is 5.91 Å². The second kappa shape index (κ2) is 10.2. The van der Waals surface area contributed by atoms with Crippen molar-refractivity contribution in [3.05, 3.63) is 52.8 Å². The summed E-state index contributed by atoms with van der Waals surface area (Å²) < 4.78 is 8.93. The Kier molecular flexibility index (Phi) is 7.26. The van der Waals surface area contributed by atoms with Crippen molar-refractivity contribution < 1.29 is 14.3 Å². The van der Waals surface area contributed by atoms with Gasteiger partial charge in [-0.2, -0.15) is 10.2 Å². The van der Waals surface area contributed by atoms with Gasteiger partial charge < -0.3 is 21.1 Å². The highest BCUT2D eigenvalue weighted by molar-refractivity contribution is 6.30. The number of amides is 2. The predicted octanol–water partition coefficient (Wildman–Crippen LogP) is 4.09. The van der Waals surface area contributed by atoms with Crippen LogP contribution < -0.4 is 11.5 Å². The van der Waals surface area contributed by atoms with E-state index in [-0.39, 0.29) is 23.5 Å². The summed E-state index contributed by atoms with van der Waals surface area (Å²) >= 11 is 6.09. The third kappa shape index (κ3) is 5.81. The Morgan fingerprint density at radius 1 is 1.22 bits per heavy atom. The van der Waals surface area contributed by atoms with Gasteiger partial charge in [0.2, 0.25) is 0 Å². The molecular weight excluding hydrogens is 482 g/mol. The third-order valence-corrected chi connectivity index (χ3v) is 6.26. The van der Waals surface area contributed by atoms with Crippen LogP contribution in [-0.4, -0.2) is 55.2 Å². The molecule has 1 aromatic carbocycles. The average molecular weight is 514 g/mol. The van der Waals surface area contributed by atoms with E-state index in [0.29, 0.717) is 42.3 Å². The van der Waals surface area contributed by atoms with Gasteiger partial charge in [0, 0.05) is 29.9 Å². The maximum atomic E-state index is 12.5. The summed E-state index contributed by atoms with van der Waals surface area (Å²) in [5, 5.41) is 9.78. The van der Waals surface area contributed by atoms with Crippen molar-refractivity contribution in [1.29, 1.82) is 0 Å². The van der Waals surface area contributed by atoms with Gasteiger partial charge in [-0.05, 0) is 57.7 Å². The molecule has 0 unspecified atom stereocenters. The van der Waals surface area contributed by atoms with E-state index in [4.69, 9.17) is 32.9 Å². The van der Waals surface area contributed by atoms with Crippen LogP contribution in [-0.2, 0) is 11.3 Å². The highest BCUT2D eigenvalue weighted by Gasteiger charge is 2.30. The summed E-state index contributed by atoms with van der Waals surface area (Å²) in [6.45, 7) is 7.13. The van der Waals surface area contributed by atoms with Crippen LogP contribution >= 0.6 is 11.6 Å². The summed E-state index contributed by atoms with van der Waals surface area (Å²) in [4.78, 5) is 26.6. The van der Waals surface area contributed by atoms with Crippen LogP contribution in [0.3, 0.4) is 0 Å². The Bertz CT molecular complexity index is 1260. The van der Waals surface area contributed by atoms with Gasteiger partial charge in [-0.15, -0.1) is 0 Å². The number of nitrogens with zero attached hydrogens (tertiary/aromatic N) is 5. The molecule has 4 rings (SSSR count). The first-order chi connectivity index (χ1) is 17.0. The Morgan fingerprint density at radius 3 is 2.69 bits per heavy atom. The lowest BCUT2D eigenvalue weighted by Gasteiger charge is -2.26. The van der Waals surface area contributed by atoms with Gasteiger partial charge in [-0.3, -0.25) is 9.48 Å². The van der Waals surface area contributed by atoms with Crippen LogP contribution in [0, 0.1) is 0 Å². The molecule has 3 aromatic rings. The molecule has 10 nitrogen and oxygen atoms in total. The number of nitrogens with two attached hydrogens (primary N) is 2. The number of primary amides is 1. The van der Waals surface area contributed by atoms with Crippen LogP contribution in [0.5, 0.6) is 0 Å². The maximum Gasteiger partial charge on any atom is 0.410 e. The predicted molar refractivity (Wildman–Crippen MR) is 138 cm³/mol. The first-order valence-electron chi connectivity index (χ1n) is 11.9. The topological polar surface area (TPSA) is 134 Å². The van der Waals surface area contributed by atoms with Gasteiger partial charge in [0.1, 0.15) is 22.7 Å². The molecule has 192 valence electrons. The lowest BCUT2D eigenvalue weighted by atomic mass is 10.1. The van der Waals surface area contributed by atoms with Crippen LogP contribution in [0.25, 0.3) is 11.3 Å². The van der Waals surface area contributed by atoms with E-state index in [0.717, 1.165) is 18.4 Å². The van der Waals surface area contributed by atoms with E-state index in [1.165, 1.54) is 0 Å². The molecule has 11 heteroatoms. The Labute approximate surface area is 215 Å². The monoisotopic (exact) mass is 513 g/mol. The number of ether oxygens (including phenoxy) is 1. The molecular formula is C25H32ClN7O3. The lowest BCUT2D eigenvalue weighted by molar-refractivity contribution is 0.0255. The molecule has 1 fully saturated rings. The van der Waals surface area contributed by atoms with Crippen molar-refractivity contribution in [1.82, 2.24) is 24.5 Å². The van der Waals surface area contributed by atoms with Crippen molar-refractivity contribution in [3.63, 3.8) is 0 Å². The van der Waals surface area contributed by atoms with Crippen molar-refractivity contribution in [2.45, 2.75) is 58.2 Å². The standard InChI is InChI=1S/C25H32ClN7O3/c1-25(2,3)36-24(35)31-10-5-8-19(9-11-31)33-22(27)20(23(28)34)21(30-33)17-13-29-32(15-17)14-16-6-4-7-18(26)12-16/h4,6-7,12-13,15,19H,5,8-11,14,27H2,1-3H3,(H2,28,34)/t19-/m0/s1. The minimum atomic E-state index is -0.652. The van der Waals surface area contributed by atoms with Gasteiger partial charge >= 0.3 is 6.09 Å². The molecule has 1 aliphatic rings. The average Bonchev–Trinajstić information content (AvgIpc) is 3.28. The van der Waals surface area contributed by atoms with Crippen LogP contribution in [0.1, 0.15) is 62.0 Å². The minimum Gasteiger partial charge on any atom is -0.444 e. The van der Waals surface area contributed by atoms with Gasteiger partial charge in [-0.1, -0.05) is 23.7 Å². The summed E-state index contributed by atoms with van der Waals surface area (Å²) in [7, 11) is 0. The molecule has 3 heterocycles. The SMILES string of the molecule is CC(C)(C)OC(=O)N1CCC[C@H](n2nc(-c3cnn(Cc4cccc(Cl)c4)c3)c(C(N)=O)c2N)CC1. The summed E-state index contributed by atoms with van der Waals surface area (Å²) in [5.41, 5.74) is 13.8. The normalized spacial score (nSPS) is 16.6. The van der Waals surface area contributed by atoms with Crippen LogP contribution in [0.4, 0.5) is 10.6 Å².